The van der Waals surface area contributed by atoms with Gasteiger partial charge in [0.25, 0.3) is 0 Å². The zero-order chi connectivity index (χ0) is 5.82. The molecule has 0 unspecified atom stereocenters. The molecule has 44 valence electrons. The molecule has 0 aliphatic carbocycles. The Balaban J connectivity index is 2.44. The van der Waals surface area contributed by atoms with Crippen molar-refractivity contribution in [2.24, 2.45) is 4.99 Å². The van der Waals surface area contributed by atoms with Gasteiger partial charge in [-0.25, -0.2) is 4.99 Å². The van der Waals surface area contributed by atoms with Gasteiger partial charge in [-0.3, -0.25) is 4.79 Å². The molecule has 1 rings (SSSR count). The van der Waals surface area contributed by atoms with Crippen molar-refractivity contribution in [2.45, 2.75) is 6.42 Å². The van der Waals surface area contributed by atoms with Crippen LogP contribution in [0.25, 0.3) is 0 Å². The van der Waals surface area contributed by atoms with Crippen LogP contribution in [0.4, 0.5) is 0 Å². The molecule has 0 aromatic rings. The van der Waals surface area contributed by atoms with Gasteiger partial charge in [0.2, 0.25) is 5.91 Å². The fourth-order valence-corrected chi connectivity index (χ4v) is 1.16. The molecule has 0 atom stereocenters. The minimum atomic E-state index is 0.0231. The Bertz CT molecular complexity index is 122. The highest BCUT2D eigenvalue weighted by molar-refractivity contribution is 7.99. The molecular formula is C5H7NOS. The Morgan fingerprint density at radius 2 is 2.62 bits per heavy atom. The standard InChI is InChI=1S/C5H7NOS/c7-5-1-3-8-4-2-6-5/h2H,1,3-4H2. The Kier molecular flexibility index (Phi) is 2.09. The maximum Gasteiger partial charge on any atom is 0.246 e. The van der Waals surface area contributed by atoms with Gasteiger partial charge in [-0.05, 0) is 0 Å². The lowest BCUT2D eigenvalue weighted by molar-refractivity contribution is -0.117. The molecule has 1 heterocycles. The maximum absolute atomic E-state index is 10.5. The predicted octanol–water partition coefficient (Wildman–Crippen LogP) is 0.721. The molecule has 0 saturated heterocycles. The molecule has 8 heavy (non-hydrogen) atoms. The summed E-state index contributed by atoms with van der Waals surface area (Å²) in [5.41, 5.74) is 0. The lowest BCUT2D eigenvalue weighted by Crippen LogP contribution is -1.90. The van der Waals surface area contributed by atoms with Gasteiger partial charge in [0.1, 0.15) is 0 Å². The Labute approximate surface area is 52.4 Å². The van der Waals surface area contributed by atoms with Gasteiger partial charge in [-0.1, -0.05) is 0 Å². The first-order valence-corrected chi connectivity index (χ1v) is 3.68. The van der Waals surface area contributed by atoms with Gasteiger partial charge in [-0.15, -0.1) is 0 Å². The highest BCUT2D eigenvalue weighted by Crippen LogP contribution is 2.04. The molecule has 1 aliphatic heterocycles. The van der Waals surface area contributed by atoms with Gasteiger partial charge >= 0.3 is 0 Å². The van der Waals surface area contributed by atoms with E-state index in [0.717, 1.165) is 11.5 Å². The lowest BCUT2D eigenvalue weighted by atomic mass is 10.5. The number of rotatable bonds is 0. The second-order valence-electron chi connectivity index (χ2n) is 1.53. The van der Waals surface area contributed by atoms with Crippen molar-refractivity contribution in [2.75, 3.05) is 11.5 Å². The summed E-state index contributed by atoms with van der Waals surface area (Å²) in [6.07, 6.45) is 2.29. The first-order valence-electron chi connectivity index (χ1n) is 2.53. The van der Waals surface area contributed by atoms with Crippen molar-refractivity contribution in [3.63, 3.8) is 0 Å². The van der Waals surface area contributed by atoms with E-state index in [2.05, 4.69) is 4.99 Å². The number of nitrogens with zero attached hydrogens (tertiary/aromatic N) is 1. The van der Waals surface area contributed by atoms with Crippen LogP contribution in [0, 0.1) is 0 Å². The van der Waals surface area contributed by atoms with Crippen molar-refractivity contribution in [3.8, 4) is 0 Å². The highest BCUT2D eigenvalue weighted by atomic mass is 32.2. The molecule has 1 aliphatic rings. The minimum Gasteiger partial charge on any atom is -0.273 e. The van der Waals surface area contributed by atoms with Gasteiger partial charge in [-0.2, -0.15) is 11.8 Å². The summed E-state index contributed by atoms with van der Waals surface area (Å²) < 4.78 is 0. The average Bonchev–Trinajstić information content (AvgIpc) is 1.94. The molecule has 0 bridgehead atoms. The van der Waals surface area contributed by atoms with Crippen LogP contribution < -0.4 is 0 Å². The maximum atomic E-state index is 10.5. The van der Waals surface area contributed by atoms with E-state index >= 15 is 0 Å². The van der Waals surface area contributed by atoms with Crippen LogP contribution in [0.5, 0.6) is 0 Å². The minimum absolute atomic E-state index is 0.0231. The third-order valence-electron chi connectivity index (χ3n) is 0.888. The van der Waals surface area contributed by atoms with E-state index in [4.69, 9.17) is 0 Å². The first-order chi connectivity index (χ1) is 3.89. The van der Waals surface area contributed by atoms with E-state index in [1.54, 1.807) is 18.0 Å². The fraction of sp³-hybridized carbons (Fsp3) is 0.600. The van der Waals surface area contributed by atoms with Gasteiger partial charge in [0.15, 0.2) is 0 Å². The van der Waals surface area contributed by atoms with Crippen molar-refractivity contribution in [1.82, 2.24) is 0 Å². The number of carbonyl (C=O) groups excluding carboxylic acids is 1. The monoisotopic (exact) mass is 129 g/mol. The van der Waals surface area contributed by atoms with Crippen molar-refractivity contribution < 1.29 is 4.79 Å². The van der Waals surface area contributed by atoms with E-state index in [0.29, 0.717) is 6.42 Å². The second kappa shape index (κ2) is 2.87. The van der Waals surface area contributed by atoms with Gasteiger partial charge in [0, 0.05) is 24.1 Å². The van der Waals surface area contributed by atoms with E-state index < -0.39 is 0 Å². The van der Waals surface area contributed by atoms with Crippen LogP contribution in [0.1, 0.15) is 6.42 Å². The second-order valence-corrected chi connectivity index (χ2v) is 2.68. The number of amides is 1. The van der Waals surface area contributed by atoms with E-state index in [1.807, 2.05) is 0 Å². The molecule has 0 saturated carbocycles. The predicted molar refractivity (Wildman–Crippen MR) is 35.4 cm³/mol. The zero-order valence-corrected chi connectivity index (χ0v) is 5.28. The molecule has 3 heteroatoms. The van der Waals surface area contributed by atoms with Crippen LogP contribution >= 0.6 is 11.8 Å². The van der Waals surface area contributed by atoms with Crippen LogP contribution in [0.3, 0.4) is 0 Å². The molecule has 2 nitrogen and oxygen atoms in total. The number of carbonyl (C=O) groups is 1. The summed E-state index contributed by atoms with van der Waals surface area (Å²) >= 11 is 1.75. The number of aliphatic imine (C=N–C) groups is 1. The van der Waals surface area contributed by atoms with Crippen molar-refractivity contribution in [3.05, 3.63) is 0 Å². The average molecular weight is 129 g/mol. The summed E-state index contributed by atoms with van der Waals surface area (Å²) in [7, 11) is 0. The first kappa shape index (κ1) is 5.82. The van der Waals surface area contributed by atoms with Gasteiger partial charge in [0.05, 0.1) is 0 Å². The molecule has 0 aromatic heterocycles. The van der Waals surface area contributed by atoms with Crippen LogP contribution in [-0.4, -0.2) is 23.6 Å². The Morgan fingerprint density at radius 1 is 1.75 bits per heavy atom. The molecule has 0 N–H and O–H groups in total. The smallest absolute Gasteiger partial charge is 0.246 e. The van der Waals surface area contributed by atoms with Crippen molar-refractivity contribution >= 4 is 23.9 Å². The number of hydrogen-bond acceptors (Lipinski definition) is 2. The van der Waals surface area contributed by atoms with Crippen molar-refractivity contribution in [1.29, 1.82) is 0 Å². The topological polar surface area (TPSA) is 29.4 Å². The van der Waals surface area contributed by atoms with E-state index in [9.17, 15) is 4.79 Å². The third-order valence-corrected chi connectivity index (χ3v) is 1.77. The summed E-state index contributed by atoms with van der Waals surface area (Å²) in [5.74, 6) is 1.85. The normalized spacial score (nSPS) is 20.8. The number of hydrogen-bond donors (Lipinski definition) is 0. The van der Waals surface area contributed by atoms with Gasteiger partial charge < -0.3 is 0 Å². The van der Waals surface area contributed by atoms with Crippen LogP contribution in [0.15, 0.2) is 4.99 Å². The molecular weight excluding hydrogens is 122 g/mol. The summed E-state index contributed by atoms with van der Waals surface area (Å²) in [6, 6.07) is 0. The van der Waals surface area contributed by atoms with E-state index in [1.165, 1.54) is 0 Å². The van der Waals surface area contributed by atoms with Crippen LogP contribution in [-0.2, 0) is 4.79 Å². The Morgan fingerprint density at radius 3 is 3.50 bits per heavy atom. The fourth-order valence-electron chi connectivity index (χ4n) is 0.499. The molecule has 0 aromatic carbocycles. The Hall–Kier alpha value is -0.310. The zero-order valence-electron chi connectivity index (χ0n) is 4.46. The number of thioether (sulfide) groups is 1. The molecule has 0 fully saturated rings. The molecule has 0 spiro atoms. The van der Waals surface area contributed by atoms with E-state index in [-0.39, 0.29) is 5.91 Å². The van der Waals surface area contributed by atoms with Crippen LogP contribution in [0.2, 0.25) is 0 Å². The summed E-state index contributed by atoms with van der Waals surface area (Å²) in [5, 5.41) is 0. The molecule has 0 radical (unpaired) electrons. The highest BCUT2D eigenvalue weighted by Gasteiger charge is 2.00. The molecule has 1 amide bonds. The summed E-state index contributed by atoms with van der Waals surface area (Å²) in [6.45, 7) is 0. The third kappa shape index (κ3) is 1.66. The quantitative estimate of drug-likeness (QED) is 0.482. The SMILES string of the molecule is O=C1CCSCC=N1. The lowest BCUT2D eigenvalue weighted by Gasteiger charge is -1.85. The largest absolute Gasteiger partial charge is 0.273 e. The summed E-state index contributed by atoms with van der Waals surface area (Å²) in [4.78, 5) is 14.1.